The third kappa shape index (κ3) is 5.19. The molecule has 2 aromatic heterocycles. The zero-order valence-corrected chi connectivity index (χ0v) is 22.1. The number of ether oxygens (including phenoxy) is 2. The number of benzene rings is 3. The van der Waals surface area contributed by atoms with Gasteiger partial charge in [0.1, 0.15) is 11.6 Å². The molecule has 9 nitrogen and oxygen atoms in total. The molecule has 0 bridgehead atoms. The van der Waals surface area contributed by atoms with Gasteiger partial charge in [0.25, 0.3) is 5.91 Å². The molecule has 3 N–H and O–H groups in total. The number of carbonyl (C=O) groups excluding carboxylic acids is 1. The van der Waals surface area contributed by atoms with Crippen LogP contribution in [-0.4, -0.2) is 59.4 Å². The first kappa shape index (κ1) is 25.4. The number of hydrogen-bond donors (Lipinski definition) is 3. The highest BCUT2D eigenvalue weighted by atomic mass is 16.5. The van der Waals surface area contributed by atoms with E-state index in [9.17, 15) is 9.90 Å². The van der Waals surface area contributed by atoms with Crippen LogP contribution < -0.4 is 15.0 Å². The van der Waals surface area contributed by atoms with Gasteiger partial charge < -0.3 is 29.8 Å². The number of phenolic OH excluding ortho intramolecular Hbond substituents is 1. The number of aromatic hydroxyl groups is 1. The number of methoxy groups -OCH3 is 1. The highest BCUT2D eigenvalue weighted by Gasteiger charge is 2.16. The molecule has 0 unspecified atom stereocenters. The molecule has 0 spiro atoms. The minimum atomic E-state index is -0.183. The van der Waals surface area contributed by atoms with Gasteiger partial charge in [-0.2, -0.15) is 0 Å². The van der Waals surface area contributed by atoms with Crippen molar-refractivity contribution >= 4 is 22.6 Å². The maximum absolute atomic E-state index is 12.9. The van der Waals surface area contributed by atoms with Crippen LogP contribution in [0.25, 0.3) is 33.5 Å². The molecule has 0 aliphatic carbocycles. The number of anilines is 1. The van der Waals surface area contributed by atoms with Crippen molar-refractivity contribution in [3.8, 4) is 34.1 Å². The molecule has 0 saturated carbocycles. The summed E-state index contributed by atoms with van der Waals surface area (Å²) in [6.45, 7) is 3.68. The van der Waals surface area contributed by atoms with Gasteiger partial charge in [-0.3, -0.25) is 4.79 Å². The molecule has 1 amide bonds. The molecule has 0 radical (unpaired) electrons. The summed E-state index contributed by atoms with van der Waals surface area (Å²) in [6.07, 6.45) is 1.67. The molecule has 40 heavy (non-hydrogen) atoms. The number of aromatic nitrogens is 3. The van der Waals surface area contributed by atoms with E-state index in [-0.39, 0.29) is 11.7 Å². The van der Waals surface area contributed by atoms with Gasteiger partial charge in [-0.15, -0.1) is 0 Å². The second-order valence-corrected chi connectivity index (χ2v) is 9.56. The lowest BCUT2D eigenvalue weighted by atomic mass is 10.0. The van der Waals surface area contributed by atoms with Crippen molar-refractivity contribution in [2.24, 2.45) is 0 Å². The minimum absolute atomic E-state index is 0.0864. The number of fused-ring (bicyclic) bond motifs is 1. The smallest absolute Gasteiger partial charge is 0.251 e. The molecule has 202 valence electrons. The van der Waals surface area contributed by atoms with Crippen LogP contribution in [0.2, 0.25) is 0 Å². The van der Waals surface area contributed by atoms with E-state index in [0.717, 1.165) is 54.2 Å². The number of phenols is 1. The maximum atomic E-state index is 12.9. The number of morpholine rings is 1. The molecule has 5 aromatic rings. The van der Waals surface area contributed by atoms with Crippen molar-refractivity contribution in [2.45, 2.75) is 6.54 Å². The molecule has 6 rings (SSSR count). The van der Waals surface area contributed by atoms with Crippen LogP contribution >= 0.6 is 0 Å². The second kappa shape index (κ2) is 11.1. The summed E-state index contributed by atoms with van der Waals surface area (Å²) in [5, 5.41) is 13.6. The highest BCUT2D eigenvalue weighted by Crippen LogP contribution is 2.35. The lowest BCUT2D eigenvalue weighted by Gasteiger charge is -2.28. The SMILES string of the molecule is COc1ncccc1-c1ccc(O)c(-c2nc3cc(C(=O)NCc4ccc(N5CCOCC5)cc4)ccc3[nH]2)c1. The summed E-state index contributed by atoms with van der Waals surface area (Å²) in [5.74, 6) is 0.892. The van der Waals surface area contributed by atoms with Gasteiger partial charge in [0, 0.05) is 42.6 Å². The molecule has 1 fully saturated rings. The van der Waals surface area contributed by atoms with Gasteiger partial charge in [0.15, 0.2) is 0 Å². The molecule has 1 saturated heterocycles. The average molecular weight is 536 g/mol. The van der Waals surface area contributed by atoms with E-state index >= 15 is 0 Å². The lowest BCUT2D eigenvalue weighted by Crippen LogP contribution is -2.36. The number of nitrogens with one attached hydrogen (secondary N) is 2. The van der Waals surface area contributed by atoms with Gasteiger partial charge in [-0.1, -0.05) is 18.2 Å². The number of aromatic amines is 1. The predicted molar refractivity (Wildman–Crippen MR) is 154 cm³/mol. The van der Waals surface area contributed by atoms with Gasteiger partial charge in [-0.05, 0) is 65.7 Å². The molecular formula is C31H29N5O4. The zero-order chi connectivity index (χ0) is 27.5. The average Bonchev–Trinajstić information content (AvgIpc) is 3.44. The fraction of sp³-hybridized carbons (Fsp3) is 0.194. The zero-order valence-electron chi connectivity index (χ0n) is 22.1. The summed E-state index contributed by atoms with van der Waals surface area (Å²) >= 11 is 0. The Labute approximate surface area is 231 Å². The standard InChI is InChI=1S/C31H29N5O4/c1-39-31-24(3-2-12-32-31)21-7-11-28(37)25(17-21)29-34-26-10-6-22(18-27(26)35-29)30(38)33-19-20-4-8-23(9-5-20)36-13-15-40-16-14-36/h2-12,17-18,37H,13-16,19H2,1H3,(H,33,38)(H,34,35). The number of pyridine rings is 1. The third-order valence-corrected chi connectivity index (χ3v) is 7.04. The highest BCUT2D eigenvalue weighted by molar-refractivity contribution is 5.97. The van der Waals surface area contributed by atoms with Crippen LogP contribution in [0.4, 0.5) is 5.69 Å². The second-order valence-electron chi connectivity index (χ2n) is 9.56. The van der Waals surface area contributed by atoms with Crippen molar-refractivity contribution in [2.75, 3.05) is 38.3 Å². The molecule has 0 atom stereocenters. The van der Waals surface area contributed by atoms with E-state index in [0.29, 0.717) is 34.9 Å². The first-order valence-corrected chi connectivity index (χ1v) is 13.1. The lowest BCUT2D eigenvalue weighted by molar-refractivity contribution is 0.0951. The molecule has 9 heteroatoms. The van der Waals surface area contributed by atoms with Gasteiger partial charge >= 0.3 is 0 Å². The van der Waals surface area contributed by atoms with Crippen molar-refractivity contribution in [1.82, 2.24) is 20.3 Å². The monoisotopic (exact) mass is 535 g/mol. The van der Waals surface area contributed by atoms with Gasteiger partial charge in [0.2, 0.25) is 5.88 Å². The van der Waals surface area contributed by atoms with E-state index < -0.39 is 0 Å². The molecule has 3 aromatic carbocycles. The third-order valence-electron chi connectivity index (χ3n) is 7.04. The van der Waals surface area contributed by atoms with Crippen molar-refractivity contribution in [1.29, 1.82) is 0 Å². The van der Waals surface area contributed by atoms with Gasteiger partial charge in [-0.25, -0.2) is 9.97 Å². The van der Waals surface area contributed by atoms with Crippen LogP contribution in [0, 0.1) is 0 Å². The summed E-state index contributed by atoms with van der Waals surface area (Å²) < 4.78 is 10.8. The van der Waals surface area contributed by atoms with Crippen molar-refractivity contribution in [3.05, 3.63) is 90.1 Å². The fourth-order valence-electron chi connectivity index (χ4n) is 4.87. The Morgan fingerprint density at radius 3 is 2.67 bits per heavy atom. The van der Waals surface area contributed by atoms with E-state index in [1.807, 2.05) is 36.4 Å². The number of hydrogen-bond acceptors (Lipinski definition) is 7. The van der Waals surface area contributed by atoms with E-state index in [1.54, 1.807) is 37.6 Å². The fourth-order valence-corrected chi connectivity index (χ4v) is 4.87. The number of H-pyrrole nitrogens is 1. The number of rotatable bonds is 7. The largest absolute Gasteiger partial charge is 0.507 e. The Morgan fingerprint density at radius 2 is 1.88 bits per heavy atom. The quantitative estimate of drug-likeness (QED) is 0.275. The van der Waals surface area contributed by atoms with E-state index in [1.165, 1.54) is 0 Å². The first-order chi connectivity index (χ1) is 19.6. The number of amides is 1. The topological polar surface area (TPSA) is 113 Å². The Balaban J connectivity index is 1.18. The van der Waals surface area contributed by atoms with Crippen LogP contribution in [0.3, 0.4) is 0 Å². The van der Waals surface area contributed by atoms with E-state index in [2.05, 4.69) is 37.3 Å². The molecule has 3 heterocycles. The predicted octanol–water partition coefficient (Wildman–Crippen LogP) is 4.77. The Morgan fingerprint density at radius 1 is 1.05 bits per heavy atom. The summed E-state index contributed by atoms with van der Waals surface area (Å²) in [6, 6.07) is 22.6. The molecule has 1 aliphatic rings. The van der Waals surface area contributed by atoms with Crippen LogP contribution in [-0.2, 0) is 11.3 Å². The first-order valence-electron chi connectivity index (χ1n) is 13.1. The maximum Gasteiger partial charge on any atom is 0.251 e. The molecule has 1 aliphatic heterocycles. The summed E-state index contributed by atoms with van der Waals surface area (Å²) in [4.78, 5) is 27.4. The number of nitrogens with zero attached hydrogens (tertiary/aromatic N) is 3. The van der Waals surface area contributed by atoms with Crippen LogP contribution in [0.5, 0.6) is 11.6 Å². The van der Waals surface area contributed by atoms with Crippen molar-refractivity contribution < 1.29 is 19.4 Å². The summed E-state index contributed by atoms with van der Waals surface area (Å²) in [5.41, 5.74) is 6.24. The van der Waals surface area contributed by atoms with Crippen LogP contribution in [0.1, 0.15) is 15.9 Å². The number of carbonyl (C=O) groups is 1. The Kier molecular flexibility index (Phi) is 7.03. The van der Waals surface area contributed by atoms with Gasteiger partial charge in [0.05, 0.1) is 36.9 Å². The Hall–Kier alpha value is -4.89. The minimum Gasteiger partial charge on any atom is -0.507 e. The Bertz CT molecular complexity index is 1660. The van der Waals surface area contributed by atoms with Crippen LogP contribution in [0.15, 0.2) is 79.0 Å². The summed E-state index contributed by atoms with van der Waals surface area (Å²) in [7, 11) is 1.57. The van der Waals surface area contributed by atoms with E-state index in [4.69, 9.17) is 9.47 Å². The number of imidazole rings is 1. The molecular weight excluding hydrogens is 506 g/mol. The normalized spacial score (nSPS) is 13.4. The van der Waals surface area contributed by atoms with Crippen molar-refractivity contribution in [3.63, 3.8) is 0 Å².